The molecule has 0 atom stereocenters. The molecule has 2 aromatic carbocycles. The van der Waals surface area contributed by atoms with E-state index in [1.165, 1.54) is 5.69 Å². The Bertz CT molecular complexity index is 1350. The number of benzene rings is 2. The second kappa shape index (κ2) is 14.7. The average molecular weight is 641 g/mol. The summed E-state index contributed by atoms with van der Waals surface area (Å²) in [5.74, 6) is -4.17. The van der Waals surface area contributed by atoms with Gasteiger partial charge in [0.05, 0.1) is 27.8 Å². The first-order valence-corrected chi connectivity index (χ1v) is 14.6. The highest BCUT2D eigenvalue weighted by atomic mass is 35.5. The first-order chi connectivity index (χ1) is 19.8. The van der Waals surface area contributed by atoms with E-state index in [1.807, 2.05) is 18.2 Å². The normalized spacial score (nSPS) is 17.0. The molecule has 226 valence electrons. The minimum atomic E-state index is -2.74. The van der Waals surface area contributed by atoms with E-state index in [1.54, 1.807) is 28.8 Å². The lowest BCUT2D eigenvalue weighted by molar-refractivity contribution is -0.170. The van der Waals surface area contributed by atoms with Crippen LogP contribution in [0.15, 0.2) is 47.4 Å². The molecule has 0 bridgehead atoms. The van der Waals surface area contributed by atoms with Gasteiger partial charge in [-0.2, -0.15) is 0 Å². The van der Waals surface area contributed by atoms with E-state index in [9.17, 15) is 19.2 Å². The molecule has 2 aliphatic heterocycles. The van der Waals surface area contributed by atoms with Crippen LogP contribution in [0.5, 0.6) is 0 Å². The quantitative estimate of drug-likeness (QED) is 0.312. The van der Waals surface area contributed by atoms with Crippen LogP contribution in [0, 0.1) is 0 Å². The minimum Gasteiger partial charge on any atom is -0.481 e. The number of aliphatic hydroxyl groups is 1. The Morgan fingerprint density at radius 2 is 1.55 bits per heavy atom. The Morgan fingerprint density at radius 1 is 0.929 bits per heavy atom. The fraction of sp³-hybridized carbons (Fsp3) is 0.357. The van der Waals surface area contributed by atoms with Crippen LogP contribution in [0.25, 0.3) is 6.08 Å². The summed E-state index contributed by atoms with van der Waals surface area (Å²) >= 11 is 13.8. The van der Waals surface area contributed by atoms with E-state index in [4.69, 9.17) is 43.6 Å². The van der Waals surface area contributed by atoms with Gasteiger partial charge in [-0.15, -0.1) is 11.8 Å². The third kappa shape index (κ3) is 8.85. The van der Waals surface area contributed by atoms with E-state index in [2.05, 4.69) is 35.0 Å². The number of thioether (sulfide) groups is 1. The number of para-hydroxylation sites is 1. The van der Waals surface area contributed by atoms with Crippen molar-refractivity contribution in [2.24, 2.45) is 0 Å². The van der Waals surface area contributed by atoms with Crippen molar-refractivity contribution in [1.82, 2.24) is 4.90 Å². The summed E-state index contributed by atoms with van der Waals surface area (Å²) in [6, 6.07) is 13.7. The Morgan fingerprint density at radius 3 is 2.12 bits per heavy atom. The van der Waals surface area contributed by atoms with Crippen molar-refractivity contribution in [3.8, 4) is 0 Å². The number of rotatable bonds is 8. The highest BCUT2D eigenvalue weighted by Gasteiger charge is 2.40. The summed E-state index contributed by atoms with van der Waals surface area (Å²) < 4.78 is 0. The van der Waals surface area contributed by atoms with E-state index in [0.29, 0.717) is 16.6 Å². The maximum absolute atomic E-state index is 13.2. The number of hydrogen-bond acceptors (Lipinski definition) is 8. The molecule has 0 aliphatic carbocycles. The van der Waals surface area contributed by atoms with Crippen LogP contribution in [-0.4, -0.2) is 100 Å². The summed E-state index contributed by atoms with van der Waals surface area (Å²) in [5.41, 5.74) is 0.317. The first-order valence-electron chi connectivity index (χ1n) is 12.8. The SMILES string of the molecule is CN1CCN(c2ccccc2/C=C2\SCCN(c3ccc(Cl)c(Cl)c3)C2=O)CC1.O=C(O)CC(O)(CC(=O)O)C(=O)O. The topological polar surface area (TPSA) is 159 Å². The monoisotopic (exact) mass is 639 g/mol. The summed E-state index contributed by atoms with van der Waals surface area (Å²) in [6.45, 7) is 4.73. The number of hydrogen-bond donors (Lipinski definition) is 4. The van der Waals surface area contributed by atoms with Gasteiger partial charge in [-0.25, -0.2) is 4.79 Å². The lowest BCUT2D eigenvalue weighted by atomic mass is 9.96. The van der Waals surface area contributed by atoms with Crippen molar-refractivity contribution in [2.45, 2.75) is 18.4 Å². The van der Waals surface area contributed by atoms with Gasteiger partial charge < -0.3 is 35.1 Å². The zero-order valence-corrected chi connectivity index (χ0v) is 25.0. The molecule has 0 spiro atoms. The molecule has 0 radical (unpaired) electrons. The molecule has 2 aliphatic rings. The number of carbonyl (C=O) groups excluding carboxylic acids is 1. The maximum Gasteiger partial charge on any atom is 0.336 e. The van der Waals surface area contributed by atoms with Gasteiger partial charge in [0.25, 0.3) is 5.91 Å². The smallest absolute Gasteiger partial charge is 0.336 e. The molecule has 2 aromatic rings. The van der Waals surface area contributed by atoms with Gasteiger partial charge in [0.15, 0.2) is 5.60 Å². The Kier molecular flexibility index (Phi) is 11.7. The molecular formula is C28H31Cl2N3O8S. The average Bonchev–Trinajstić information content (AvgIpc) is 2.92. The van der Waals surface area contributed by atoms with Crippen molar-refractivity contribution in [3.05, 3.63) is 63.0 Å². The molecule has 11 nitrogen and oxygen atoms in total. The minimum absolute atomic E-state index is 0.00724. The van der Waals surface area contributed by atoms with E-state index < -0.39 is 36.4 Å². The van der Waals surface area contributed by atoms with Crippen LogP contribution < -0.4 is 9.80 Å². The first kappa shape index (κ1) is 33.2. The van der Waals surface area contributed by atoms with Crippen molar-refractivity contribution < 1.29 is 39.6 Å². The number of carbonyl (C=O) groups is 4. The van der Waals surface area contributed by atoms with Crippen LogP contribution >= 0.6 is 35.0 Å². The second-order valence-corrected chi connectivity index (χ2v) is 11.7. The maximum atomic E-state index is 13.2. The third-order valence-electron chi connectivity index (χ3n) is 6.60. The summed E-state index contributed by atoms with van der Waals surface area (Å²) in [4.78, 5) is 51.0. The predicted molar refractivity (Wildman–Crippen MR) is 162 cm³/mol. The van der Waals surface area contributed by atoms with E-state index in [-0.39, 0.29) is 5.91 Å². The number of aliphatic carboxylic acids is 3. The molecule has 0 aromatic heterocycles. The molecule has 4 N–H and O–H groups in total. The molecule has 14 heteroatoms. The van der Waals surface area contributed by atoms with Gasteiger partial charge >= 0.3 is 17.9 Å². The number of piperazine rings is 1. The summed E-state index contributed by atoms with van der Waals surface area (Å²) in [7, 11) is 2.15. The molecule has 1 amide bonds. The highest BCUT2D eigenvalue weighted by Crippen LogP contribution is 2.34. The van der Waals surface area contributed by atoms with E-state index in [0.717, 1.165) is 48.1 Å². The predicted octanol–water partition coefficient (Wildman–Crippen LogP) is 3.62. The lowest BCUT2D eigenvalue weighted by Gasteiger charge is -2.35. The molecule has 2 heterocycles. The number of likely N-dealkylation sites (N-methyl/N-ethyl adjacent to an activating group) is 1. The van der Waals surface area contributed by atoms with Crippen molar-refractivity contribution in [1.29, 1.82) is 0 Å². The molecule has 2 saturated heterocycles. The number of halogens is 2. The molecule has 0 unspecified atom stereocenters. The van der Waals surface area contributed by atoms with Gasteiger partial charge in [0, 0.05) is 49.9 Å². The Labute approximate surface area is 256 Å². The Hall–Kier alpha value is -3.29. The van der Waals surface area contributed by atoms with Crippen LogP contribution in [0.1, 0.15) is 18.4 Å². The van der Waals surface area contributed by atoms with Crippen molar-refractivity contribution in [2.75, 3.05) is 55.3 Å². The fourth-order valence-corrected chi connectivity index (χ4v) is 5.58. The van der Waals surface area contributed by atoms with Gasteiger partial charge in [-0.05, 0) is 43.0 Å². The standard InChI is InChI=1S/C22H23Cl2N3OS.C6H8O7/c1-25-8-10-26(11-9-25)20-5-3-2-4-16(20)14-21-22(28)27(12-13-29-21)17-6-7-18(23)19(24)15-17;7-3(8)1-6(13,5(11)12)2-4(9)10/h2-7,14-15H,8-13H2,1H3;13H,1-2H2,(H,7,8)(H,9,10)(H,11,12)/b21-14-;. The van der Waals surface area contributed by atoms with Gasteiger partial charge in [-0.1, -0.05) is 41.4 Å². The number of carboxylic acids is 3. The lowest BCUT2D eigenvalue weighted by Crippen LogP contribution is -2.44. The highest BCUT2D eigenvalue weighted by molar-refractivity contribution is 8.04. The largest absolute Gasteiger partial charge is 0.481 e. The molecule has 0 saturated carbocycles. The summed E-state index contributed by atoms with van der Waals surface area (Å²) in [6.07, 6.45) is -0.256. The zero-order chi connectivity index (χ0) is 31.0. The zero-order valence-electron chi connectivity index (χ0n) is 22.7. The van der Waals surface area contributed by atoms with Gasteiger partial charge in [-0.3, -0.25) is 14.4 Å². The number of amides is 1. The van der Waals surface area contributed by atoms with Crippen LogP contribution in [-0.2, 0) is 19.2 Å². The number of anilines is 2. The van der Waals surface area contributed by atoms with Crippen molar-refractivity contribution >= 4 is 76.2 Å². The molecule has 4 rings (SSSR count). The molecular weight excluding hydrogens is 609 g/mol. The van der Waals surface area contributed by atoms with Crippen LogP contribution in [0.2, 0.25) is 10.0 Å². The van der Waals surface area contributed by atoms with Gasteiger partial charge in [0.2, 0.25) is 0 Å². The third-order valence-corrected chi connectivity index (χ3v) is 8.33. The van der Waals surface area contributed by atoms with E-state index >= 15 is 0 Å². The molecule has 2 fully saturated rings. The van der Waals surface area contributed by atoms with Gasteiger partial charge in [0.1, 0.15) is 0 Å². The number of nitrogens with zero attached hydrogens (tertiary/aromatic N) is 3. The van der Waals surface area contributed by atoms with Crippen molar-refractivity contribution in [3.63, 3.8) is 0 Å². The van der Waals surface area contributed by atoms with Crippen LogP contribution in [0.4, 0.5) is 11.4 Å². The summed E-state index contributed by atoms with van der Waals surface area (Å²) in [5, 5.41) is 34.8. The number of carboxylic acid groups (broad SMARTS) is 3. The van der Waals surface area contributed by atoms with Crippen LogP contribution in [0.3, 0.4) is 0 Å². The Balaban J connectivity index is 0.000000316. The second-order valence-electron chi connectivity index (χ2n) is 9.74. The fourth-order valence-electron chi connectivity index (χ4n) is 4.35. The molecule has 42 heavy (non-hydrogen) atoms.